The number of ether oxygens (including phenoxy) is 1. The molecule has 3 saturated heterocycles. The van der Waals surface area contributed by atoms with Crippen LogP contribution in [0.1, 0.15) is 79.5 Å². The quantitative estimate of drug-likeness (QED) is 0.268. The van der Waals surface area contributed by atoms with Crippen LogP contribution in [0.4, 0.5) is 20.3 Å². The molecule has 0 spiro atoms. The number of phenolic OH excluding ortho intramolecular Hbond substituents is 1. The first kappa shape index (κ1) is 36.1. The van der Waals surface area contributed by atoms with Crippen molar-refractivity contribution in [3.8, 4) is 11.8 Å². The van der Waals surface area contributed by atoms with E-state index < -0.39 is 6.17 Å². The fourth-order valence-electron chi connectivity index (χ4n) is 9.86. The van der Waals surface area contributed by atoms with Gasteiger partial charge in [0.2, 0.25) is 0 Å². The van der Waals surface area contributed by atoms with E-state index in [1.54, 1.807) is 18.2 Å². The second-order valence-electron chi connectivity index (χ2n) is 16.8. The first-order chi connectivity index (χ1) is 26.5. The number of hydrogen-bond acceptors (Lipinski definition) is 10. The Morgan fingerprint density at radius 2 is 1.93 bits per heavy atom. The minimum absolute atomic E-state index is 0.0507. The van der Waals surface area contributed by atoms with Crippen molar-refractivity contribution in [3.63, 3.8) is 0 Å². The molecular weight excluding hydrogens is 705 g/mol. The minimum Gasteiger partial charge on any atom is -0.508 e. The van der Waals surface area contributed by atoms with E-state index in [-0.39, 0.29) is 34.6 Å². The first-order valence-corrected chi connectivity index (χ1v) is 20.0. The van der Waals surface area contributed by atoms with Crippen LogP contribution in [0, 0.1) is 5.82 Å². The normalized spacial score (nSPS) is 23.8. The lowest BCUT2D eigenvalue weighted by Gasteiger charge is -2.38. The Bertz CT molecular complexity index is 2140. The first-order valence-electron chi connectivity index (χ1n) is 20.0. The van der Waals surface area contributed by atoms with Crippen LogP contribution in [0.5, 0.6) is 11.8 Å². The van der Waals surface area contributed by atoms with Crippen molar-refractivity contribution in [1.82, 2.24) is 34.9 Å². The van der Waals surface area contributed by atoms with Crippen molar-refractivity contribution in [1.29, 1.82) is 0 Å². The van der Waals surface area contributed by atoms with Crippen molar-refractivity contribution < 1.29 is 23.4 Å². The molecule has 0 aliphatic carbocycles. The number of aryl methyl sites for hydroxylation is 2. The lowest BCUT2D eigenvalue weighted by molar-refractivity contribution is 0.0645. The Hall–Kier alpha value is -4.56. The standard InChI is InChI=1S/C41H51F2N9O3/c1-4-30-32(43)8-7-26-17-29(53)19-35(36(26)30)48-15-9-31-34(23-48)45-39(55-25-41-10-5-13-51(41)21-27(42)20-41)46-37(31)49-12-6-14-52-28(22-49)18-33(47-52)38(54)50-16-11-44-40(2,3)24-50/h7-8,17-19,27,44,53H,4-6,9-16,20-25H2,1-3H3/t27-,41+/m1/s1. The second kappa shape index (κ2) is 13.9. The number of nitrogens with zero attached hydrogens (tertiary/aromatic N) is 8. The summed E-state index contributed by atoms with van der Waals surface area (Å²) in [5.41, 5.74) is 4.11. The van der Waals surface area contributed by atoms with Crippen LogP contribution in [0.25, 0.3) is 10.8 Å². The van der Waals surface area contributed by atoms with Gasteiger partial charge < -0.3 is 29.9 Å². The molecule has 2 atom stereocenters. The monoisotopic (exact) mass is 755 g/mol. The van der Waals surface area contributed by atoms with Gasteiger partial charge in [-0.2, -0.15) is 15.1 Å². The number of nitrogens with one attached hydrogen (secondary N) is 1. The average molecular weight is 756 g/mol. The van der Waals surface area contributed by atoms with Crippen LogP contribution in [-0.2, 0) is 32.5 Å². The predicted octanol–water partition coefficient (Wildman–Crippen LogP) is 4.99. The lowest BCUT2D eigenvalue weighted by Crippen LogP contribution is -2.58. The summed E-state index contributed by atoms with van der Waals surface area (Å²) in [6.45, 7) is 12.7. The Morgan fingerprint density at radius 1 is 1.05 bits per heavy atom. The second-order valence-corrected chi connectivity index (χ2v) is 16.8. The molecule has 4 aromatic rings. The highest BCUT2D eigenvalue weighted by Crippen LogP contribution is 2.42. The number of rotatable bonds is 7. The van der Waals surface area contributed by atoms with E-state index in [4.69, 9.17) is 19.8 Å². The summed E-state index contributed by atoms with van der Waals surface area (Å²) < 4.78 is 38.4. The molecule has 2 N–H and O–H groups in total. The third-order valence-corrected chi connectivity index (χ3v) is 12.5. The van der Waals surface area contributed by atoms with Gasteiger partial charge in [0.05, 0.1) is 30.0 Å². The van der Waals surface area contributed by atoms with Crippen molar-refractivity contribution in [2.75, 3.05) is 62.2 Å². The summed E-state index contributed by atoms with van der Waals surface area (Å²) in [6.07, 6.45) is 3.41. The average Bonchev–Trinajstić information content (AvgIpc) is 3.79. The van der Waals surface area contributed by atoms with E-state index in [0.29, 0.717) is 82.9 Å². The lowest BCUT2D eigenvalue weighted by atomic mass is 9.95. The Balaban J connectivity index is 1.06. The van der Waals surface area contributed by atoms with Gasteiger partial charge in [-0.05, 0) is 81.6 Å². The van der Waals surface area contributed by atoms with E-state index >= 15 is 4.39 Å². The van der Waals surface area contributed by atoms with Gasteiger partial charge in [0, 0.05) is 80.5 Å². The molecule has 5 aliphatic heterocycles. The number of phenols is 1. The molecule has 5 aliphatic rings. The van der Waals surface area contributed by atoms with Gasteiger partial charge in [-0.25, -0.2) is 8.78 Å². The highest BCUT2D eigenvalue weighted by Gasteiger charge is 2.49. The summed E-state index contributed by atoms with van der Waals surface area (Å²) in [5, 5.41) is 20.7. The number of amides is 1. The zero-order chi connectivity index (χ0) is 38.1. The van der Waals surface area contributed by atoms with E-state index in [0.717, 1.165) is 78.1 Å². The zero-order valence-electron chi connectivity index (χ0n) is 32.1. The number of fused-ring (bicyclic) bond motifs is 4. The predicted molar refractivity (Wildman–Crippen MR) is 206 cm³/mol. The van der Waals surface area contributed by atoms with Crippen molar-refractivity contribution >= 4 is 28.2 Å². The fourth-order valence-corrected chi connectivity index (χ4v) is 9.86. The molecule has 292 valence electrons. The molecule has 0 unspecified atom stereocenters. The topological polar surface area (TPSA) is 115 Å². The van der Waals surface area contributed by atoms with Gasteiger partial charge in [0.1, 0.15) is 30.2 Å². The molecule has 12 nitrogen and oxygen atoms in total. The maximum absolute atomic E-state index is 15.2. The van der Waals surface area contributed by atoms with E-state index in [9.17, 15) is 14.3 Å². The number of hydrogen-bond donors (Lipinski definition) is 2. The van der Waals surface area contributed by atoms with Crippen molar-refractivity contribution in [2.45, 2.75) is 96.2 Å². The van der Waals surface area contributed by atoms with Gasteiger partial charge in [-0.1, -0.05) is 13.0 Å². The number of anilines is 2. The molecule has 14 heteroatoms. The molecule has 7 heterocycles. The number of carbonyl (C=O) groups is 1. The van der Waals surface area contributed by atoms with Crippen molar-refractivity contribution in [3.05, 3.63) is 64.4 Å². The number of aromatic hydroxyl groups is 1. The zero-order valence-corrected chi connectivity index (χ0v) is 32.1. The van der Waals surface area contributed by atoms with Crippen LogP contribution in [-0.4, -0.2) is 110 Å². The van der Waals surface area contributed by atoms with Gasteiger partial charge in [0.25, 0.3) is 5.91 Å². The smallest absolute Gasteiger partial charge is 0.318 e. The number of alkyl halides is 1. The summed E-state index contributed by atoms with van der Waals surface area (Å²) in [5.74, 6) is 0.606. The molecular formula is C41H51F2N9O3. The molecule has 0 radical (unpaired) electrons. The molecule has 1 amide bonds. The van der Waals surface area contributed by atoms with Crippen LogP contribution in [0.2, 0.25) is 0 Å². The third-order valence-electron chi connectivity index (χ3n) is 12.5. The SMILES string of the molecule is CCc1c(F)ccc2cc(O)cc(N3CCc4c(nc(OC[C@@]56CCCN5C[C@H](F)C6)nc4N4CCCn5nc(C(=O)N6CCNC(C)(C)C6)cc5C4)C3)c12. The number of carbonyl (C=O) groups excluding carboxylic acids is 1. The number of halogens is 2. The van der Waals surface area contributed by atoms with Crippen LogP contribution in [0.15, 0.2) is 30.3 Å². The Kier molecular flexibility index (Phi) is 9.11. The highest BCUT2D eigenvalue weighted by atomic mass is 19.1. The summed E-state index contributed by atoms with van der Waals surface area (Å²) in [4.78, 5) is 32.4. The van der Waals surface area contributed by atoms with E-state index in [1.165, 1.54) is 6.07 Å². The molecule has 9 rings (SSSR count). The Morgan fingerprint density at radius 3 is 2.76 bits per heavy atom. The van der Waals surface area contributed by atoms with Crippen LogP contribution < -0.4 is 19.9 Å². The van der Waals surface area contributed by atoms with E-state index in [2.05, 4.69) is 33.9 Å². The minimum atomic E-state index is -0.871. The molecule has 3 fully saturated rings. The van der Waals surface area contributed by atoms with E-state index in [1.807, 2.05) is 22.6 Å². The Labute approximate surface area is 320 Å². The number of benzene rings is 2. The molecule has 2 aromatic heterocycles. The molecule has 2 aromatic carbocycles. The summed E-state index contributed by atoms with van der Waals surface area (Å²) in [6, 6.07) is 8.80. The molecule has 0 saturated carbocycles. The molecule has 0 bridgehead atoms. The van der Waals surface area contributed by atoms with Gasteiger partial charge in [-0.3, -0.25) is 14.4 Å². The summed E-state index contributed by atoms with van der Waals surface area (Å²) in [7, 11) is 0. The van der Waals surface area contributed by atoms with Crippen LogP contribution >= 0.6 is 0 Å². The maximum Gasteiger partial charge on any atom is 0.318 e. The summed E-state index contributed by atoms with van der Waals surface area (Å²) >= 11 is 0. The molecule has 55 heavy (non-hydrogen) atoms. The maximum atomic E-state index is 15.2. The highest BCUT2D eigenvalue weighted by molar-refractivity contribution is 5.98. The third kappa shape index (κ3) is 6.64. The largest absolute Gasteiger partial charge is 0.508 e. The number of piperazine rings is 1. The van der Waals surface area contributed by atoms with Crippen LogP contribution in [0.3, 0.4) is 0 Å². The fraction of sp³-hybridized carbons (Fsp3) is 0.561. The number of aromatic nitrogens is 4. The van der Waals surface area contributed by atoms with Crippen molar-refractivity contribution in [2.24, 2.45) is 0 Å². The van der Waals surface area contributed by atoms with Gasteiger partial charge >= 0.3 is 6.01 Å². The van der Waals surface area contributed by atoms with Gasteiger partial charge in [-0.15, -0.1) is 0 Å². The van der Waals surface area contributed by atoms with Gasteiger partial charge in [0.15, 0.2) is 5.69 Å².